The zero-order valence-corrected chi connectivity index (χ0v) is 23.0. The summed E-state index contributed by atoms with van der Waals surface area (Å²) >= 11 is 0. The predicted octanol–water partition coefficient (Wildman–Crippen LogP) is 4.91. The summed E-state index contributed by atoms with van der Waals surface area (Å²) < 4.78 is 0. The van der Waals surface area contributed by atoms with Gasteiger partial charge in [-0.25, -0.2) is 9.97 Å². The fourth-order valence-electron chi connectivity index (χ4n) is 5.87. The molecule has 40 heavy (non-hydrogen) atoms. The average Bonchev–Trinajstić information content (AvgIpc) is 3.60. The van der Waals surface area contributed by atoms with Crippen LogP contribution in [-0.2, 0) is 13.0 Å². The summed E-state index contributed by atoms with van der Waals surface area (Å²) in [4.78, 5) is 30.7. The Morgan fingerprint density at radius 3 is 2.60 bits per heavy atom. The van der Waals surface area contributed by atoms with Crippen molar-refractivity contribution in [3.05, 3.63) is 83.8 Å². The lowest BCUT2D eigenvalue weighted by atomic mass is 10.1. The van der Waals surface area contributed by atoms with Crippen LogP contribution >= 0.6 is 0 Å². The van der Waals surface area contributed by atoms with E-state index in [-0.39, 0.29) is 11.7 Å². The van der Waals surface area contributed by atoms with E-state index in [0.717, 1.165) is 81.1 Å². The maximum atomic E-state index is 12.3. The van der Waals surface area contributed by atoms with Crippen molar-refractivity contribution in [2.45, 2.75) is 45.1 Å². The van der Waals surface area contributed by atoms with Crippen molar-refractivity contribution in [3.8, 4) is 5.75 Å². The number of amides is 1. The fourth-order valence-corrected chi connectivity index (χ4v) is 5.87. The van der Waals surface area contributed by atoms with Gasteiger partial charge in [-0.2, -0.15) is 0 Å². The topological polar surface area (TPSA) is 97.4 Å². The number of hydrogen-bond donors (Lipinski definition) is 3. The van der Waals surface area contributed by atoms with E-state index in [4.69, 9.17) is 9.97 Å². The lowest BCUT2D eigenvalue weighted by Crippen LogP contribution is -2.32. The molecule has 8 nitrogen and oxygen atoms in total. The second-order valence-corrected chi connectivity index (χ2v) is 11.4. The average molecular weight is 539 g/mol. The van der Waals surface area contributed by atoms with Crippen LogP contribution in [0.5, 0.6) is 5.75 Å². The first kappa shape index (κ1) is 26.3. The largest absolute Gasteiger partial charge is 0.507 e. The Labute approximate surface area is 235 Å². The normalized spacial score (nSPS) is 16.8. The maximum Gasteiger partial charge on any atom is 0.255 e. The molecule has 0 unspecified atom stereocenters. The number of carbonyl (C=O) groups excluding carboxylic acids is 1. The van der Waals surface area contributed by atoms with Crippen molar-refractivity contribution in [3.63, 3.8) is 0 Å². The maximum absolute atomic E-state index is 12.3. The molecule has 1 aliphatic heterocycles. The Hall–Kier alpha value is -3.91. The summed E-state index contributed by atoms with van der Waals surface area (Å²) in [6.45, 7) is 5.75. The number of rotatable bonds is 10. The minimum atomic E-state index is -0.239. The number of carbonyl (C=O) groups is 1. The van der Waals surface area contributed by atoms with Crippen LogP contribution in [-0.4, -0.2) is 63.6 Å². The number of benzene rings is 2. The smallest absolute Gasteiger partial charge is 0.255 e. The Morgan fingerprint density at radius 2 is 1.77 bits per heavy atom. The number of unbranched alkanes of at least 4 members (excludes halogenated alkanes) is 2. The first-order valence-corrected chi connectivity index (χ1v) is 14.5. The predicted molar refractivity (Wildman–Crippen MR) is 157 cm³/mol. The summed E-state index contributed by atoms with van der Waals surface area (Å²) in [7, 11) is 0. The van der Waals surface area contributed by atoms with E-state index in [9.17, 15) is 9.90 Å². The second-order valence-electron chi connectivity index (χ2n) is 11.4. The number of aryl methyl sites for hydroxylation is 1. The molecule has 8 heteroatoms. The number of phenolic OH excluding ortho intramolecular Hbond substituents is 1. The highest BCUT2D eigenvalue weighted by molar-refractivity contribution is 5.96. The summed E-state index contributed by atoms with van der Waals surface area (Å²) in [5.41, 5.74) is 2.96. The van der Waals surface area contributed by atoms with Crippen LogP contribution in [0, 0.1) is 5.41 Å². The molecule has 1 amide bonds. The number of nitrogens with zero attached hydrogens (tertiary/aromatic N) is 4. The Bertz CT molecular complexity index is 1450. The lowest BCUT2D eigenvalue weighted by Gasteiger charge is -2.26. The third kappa shape index (κ3) is 6.12. The number of anilines is 1. The molecule has 2 aromatic carbocycles. The number of H-pyrrole nitrogens is 1. The first-order chi connectivity index (χ1) is 19.6. The molecule has 0 atom stereocenters. The molecule has 1 spiro atoms. The molecule has 2 fully saturated rings. The van der Waals surface area contributed by atoms with Gasteiger partial charge in [-0.1, -0.05) is 48.9 Å². The highest BCUT2D eigenvalue weighted by atomic mass is 16.3. The highest BCUT2D eigenvalue weighted by Gasteiger charge is 2.47. The van der Waals surface area contributed by atoms with Gasteiger partial charge < -0.3 is 20.3 Å². The van der Waals surface area contributed by atoms with Crippen LogP contribution in [0.2, 0.25) is 0 Å². The van der Waals surface area contributed by atoms with E-state index in [1.165, 1.54) is 24.5 Å². The van der Waals surface area contributed by atoms with Crippen molar-refractivity contribution in [1.82, 2.24) is 25.2 Å². The molecular weight excluding hydrogens is 500 g/mol. The molecule has 2 aromatic heterocycles. The number of nitrogens with one attached hydrogen (secondary N) is 2. The van der Waals surface area contributed by atoms with Gasteiger partial charge in [0.2, 0.25) is 0 Å². The van der Waals surface area contributed by atoms with Crippen molar-refractivity contribution >= 4 is 22.8 Å². The molecule has 4 aromatic rings. The van der Waals surface area contributed by atoms with Crippen LogP contribution in [0.3, 0.4) is 0 Å². The third-order valence-electron chi connectivity index (χ3n) is 8.23. The Kier molecular flexibility index (Phi) is 7.68. The number of aromatic amines is 1. The molecule has 208 valence electrons. The SMILES string of the molecule is O=C(NCCCCCc1nc(N2CCN(Cc3ccccc3)CC3(CC3)C2)c2cc[nH]c2n1)c1ccccc1O. The molecular formula is C32H38N6O2. The van der Waals surface area contributed by atoms with Crippen LogP contribution in [0.1, 0.15) is 53.8 Å². The van der Waals surface area contributed by atoms with E-state index >= 15 is 0 Å². The number of fused-ring (bicyclic) bond motifs is 1. The molecule has 0 radical (unpaired) electrons. The highest BCUT2D eigenvalue weighted by Crippen LogP contribution is 2.48. The van der Waals surface area contributed by atoms with Gasteiger partial charge in [0, 0.05) is 57.3 Å². The van der Waals surface area contributed by atoms with Gasteiger partial charge in [0.05, 0.1) is 10.9 Å². The standard InChI is InChI=1S/C32H38N6O2/c39-27-12-7-6-11-25(27)31(40)34-17-8-2-5-13-28-35-29-26(14-18-33-29)30(36-28)38-20-19-37(22-32(23-38)15-16-32)21-24-9-3-1-4-10-24/h1,3-4,6-7,9-12,14,18,39H,2,5,8,13,15-17,19-23H2,(H,34,40)(H,33,35,36). The van der Waals surface area contributed by atoms with Gasteiger partial charge >= 0.3 is 0 Å². The summed E-state index contributed by atoms with van der Waals surface area (Å²) in [5, 5.41) is 13.9. The quantitative estimate of drug-likeness (QED) is 0.248. The van der Waals surface area contributed by atoms with E-state index in [0.29, 0.717) is 17.5 Å². The van der Waals surface area contributed by atoms with Crippen LogP contribution in [0.4, 0.5) is 5.82 Å². The number of para-hydroxylation sites is 1. The van der Waals surface area contributed by atoms with Crippen LogP contribution in [0.25, 0.3) is 11.0 Å². The van der Waals surface area contributed by atoms with Crippen LogP contribution < -0.4 is 10.2 Å². The lowest BCUT2D eigenvalue weighted by molar-refractivity contribution is 0.0950. The molecule has 1 aliphatic carbocycles. The van der Waals surface area contributed by atoms with E-state index in [1.807, 2.05) is 6.20 Å². The minimum absolute atomic E-state index is 0.00794. The van der Waals surface area contributed by atoms with E-state index in [1.54, 1.807) is 18.2 Å². The Morgan fingerprint density at radius 1 is 0.950 bits per heavy atom. The van der Waals surface area contributed by atoms with Gasteiger partial charge in [0.1, 0.15) is 23.0 Å². The van der Waals surface area contributed by atoms with Crippen LogP contribution in [0.15, 0.2) is 66.9 Å². The number of aromatic hydroxyl groups is 1. The monoisotopic (exact) mass is 538 g/mol. The molecule has 6 rings (SSSR count). The van der Waals surface area contributed by atoms with Crippen molar-refractivity contribution in [2.24, 2.45) is 5.41 Å². The van der Waals surface area contributed by atoms with Crippen molar-refractivity contribution < 1.29 is 9.90 Å². The Balaban J connectivity index is 1.06. The summed E-state index contributed by atoms with van der Waals surface area (Å²) in [6, 6.07) is 19.5. The van der Waals surface area contributed by atoms with Crippen molar-refractivity contribution in [2.75, 3.05) is 37.6 Å². The molecule has 1 saturated carbocycles. The molecule has 1 saturated heterocycles. The van der Waals surface area contributed by atoms with Gasteiger partial charge in [0.15, 0.2) is 0 Å². The summed E-state index contributed by atoms with van der Waals surface area (Å²) in [5.74, 6) is 1.70. The minimum Gasteiger partial charge on any atom is -0.507 e. The number of hydrogen-bond acceptors (Lipinski definition) is 6. The molecule has 2 aliphatic rings. The zero-order chi connectivity index (χ0) is 27.4. The zero-order valence-electron chi connectivity index (χ0n) is 23.0. The second kappa shape index (κ2) is 11.7. The first-order valence-electron chi connectivity index (χ1n) is 14.5. The fraction of sp³-hybridized carbons (Fsp3) is 0.406. The van der Waals surface area contributed by atoms with Gasteiger partial charge in [-0.15, -0.1) is 0 Å². The third-order valence-corrected chi connectivity index (χ3v) is 8.23. The number of aromatic nitrogens is 3. The van der Waals surface area contributed by atoms with E-state index in [2.05, 4.69) is 56.5 Å². The number of phenols is 1. The van der Waals surface area contributed by atoms with Gasteiger partial charge in [0.25, 0.3) is 5.91 Å². The van der Waals surface area contributed by atoms with Crippen molar-refractivity contribution in [1.29, 1.82) is 0 Å². The molecule has 3 N–H and O–H groups in total. The van der Waals surface area contributed by atoms with E-state index < -0.39 is 0 Å². The van der Waals surface area contributed by atoms with Gasteiger partial charge in [-0.3, -0.25) is 9.69 Å². The summed E-state index contributed by atoms with van der Waals surface area (Å²) in [6.07, 6.45) is 8.10. The molecule has 0 bridgehead atoms. The van der Waals surface area contributed by atoms with Gasteiger partial charge in [-0.05, 0) is 49.4 Å². The molecule has 3 heterocycles.